The van der Waals surface area contributed by atoms with Gasteiger partial charge in [-0.25, -0.2) is 4.85 Å². The van der Waals surface area contributed by atoms with E-state index in [1.54, 1.807) is 25.1 Å². The van der Waals surface area contributed by atoms with E-state index in [9.17, 15) is 4.79 Å². The van der Waals surface area contributed by atoms with E-state index in [-0.39, 0.29) is 28.8 Å². The van der Waals surface area contributed by atoms with Crippen LogP contribution in [-0.2, 0) is 0 Å². The van der Waals surface area contributed by atoms with Gasteiger partial charge in [-0.2, -0.15) is 0 Å². The van der Waals surface area contributed by atoms with E-state index in [0.29, 0.717) is 22.0 Å². The smallest absolute Gasteiger partial charge is 0.205 e. The zero-order chi connectivity index (χ0) is 20.7. The number of Topliss-reactive ketones (excluding diaryl/α,β-unsaturated/α-hetero) is 1. The monoisotopic (exact) mass is 396 g/mol. The number of anilines is 1. The maximum absolute atomic E-state index is 11.5. The van der Waals surface area contributed by atoms with E-state index in [1.165, 1.54) is 0 Å². The summed E-state index contributed by atoms with van der Waals surface area (Å²) in [5, 5.41) is 4.02. The first-order valence-corrected chi connectivity index (χ1v) is 9.66. The molecule has 0 spiro atoms. The molecule has 146 valence electrons. The van der Waals surface area contributed by atoms with Gasteiger partial charge in [-0.3, -0.25) is 4.79 Å². The number of hydrogen-bond donors (Lipinski definition) is 1. The second-order valence-electron chi connectivity index (χ2n) is 8.58. The third kappa shape index (κ3) is 3.47. The fraction of sp³-hybridized carbons (Fsp3) is 0.391. The summed E-state index contributed by atoms with van der Waals surface area (Å²) < 4.78 is 6.31. The molecule has 3 rings (SSSR count). The van der Waals surface area contributed by atoms with Gasteiger partial charge in [-0.15, -0.1) is 0 Å². The normalized spacial score (nSPS) is 21.9. The molecule has 0 unspecified atom stereocenters. The fourth-order valence-corrected chi connectivity index (χ4v) is 4.77. The quantitative estimate of drug-likeness (QED) is 0.470. The van der Waals surface area contributed by atoms with Crippen molar-refractivity contribution in [2.75, 3.05) is 5.32 Å². The lowest BCUT2D eigenvalue weighted by Crippen LogP contribution is -2.72. The van der Waals surface area contributed by atoms with Gasteiger partial charge in [0.2, 0.25) is 5.69 Å². The van der Waals surface area contributed by atoms with E-state index < -0.39 is 0 Å². The molecular formula is C23H25ClN2O2. The molecule has 0 aromatic heterocycles. The van der Waals surface area contributed by atoms with Crippen LogP contribution < -0.4 is 10.1 Å². The summed E-state index contributed by atoms with van der Waals surface area (Å²) in [6.07, 6.45) is -0.0242. The number of carbonyl (C=O) groups excluding carboxylic acids is 1. The zero-order valence-corrected chi connectivity index (χ0v) is 17.6. The maximum Gasteiger partial charge on any atom is 0.205 e. The van der Waals surface area contributed by atoms with Gasteiger partial charge in [0.05, 0.1) is 11.6 Å². The molecule has 5 heteroatoms. The van der Waals surface area contributed by atoms with Crippen LogP contribution in [0, 0.1) is 17.4 Å². The van der Waals surface area contributed by atoms with Crippen LogP contribution >= 0.6 is 11.6 Å². The highest BCUT2D eigenvalue weighted by Crippen LogP contribution is 2.56. The molecule has 1 fully saturated rings. The van der Waals surface area contributed by atoms with Gasteiger partial charge < -0.3 is 10.1 Å². The lowest BCUT2D eigenvalue weighted by Gasteiger charge is -2.63. The number of nitrogens with one attached hydrogen (secondary N) is 1. The van der Waals surface area contributed by atoms with Gasteiger partial charge in [0.15, 0.2) is 5.78 Å². The second kappa shape index (κ2) is 7.14. The highest BCUT2D eigenvalue weighted by atomic mass is 35.5. The predicted molar refractivity (Wildman–Crippen MR) is 114 cm³/mol. The average molecular weight is 397 g/mol. The summed E-state index contributed by atoms with van der Waals surface area (Å²) in [4.78, 5) is 14.9. The number of rotatable bonds is 5. The van der Waals surface area contributed by atoms with Gasteiger partial charge in [-0.1, -0.05) is 45.4 Å². The van der Waals surface area contributed by atoms with Crippen LogP contribution in [0.2, 0.25) is 5.02 Å². The van der Waals surface area contributed by atoms with E-state index in [0.717, 1.165) is 5.69 Å². The number of ketones is 1. The van der Waals surface area contributed by atoms with Crippen molar-refractivity contribution in [1.82, 2.24) is 0 Å². The van der Waals surface area contributed by atoms with E-state index in [1.807, 2.05) is 24.3 Å². The Kier molecular flexibility index (Phi) is 5.16. The Morgan fingerprint density at radius 1 is 1.11 bits per heavy atom. The SMILES string of the molecule is [C-]#[N+]c1ccc(OC2C(C)(C)C(Nc3ccc(C(C)=O)cc3)C2(C)C)cc1Cl. The molecule has 0 saturated heterocycles. The molecule has 0 bridgehead atoms. The number of hydrogen-bond acceptors (Lipinski definition) is 3. The second-order valence-corrected chi connectivity index (χ2v) is 8.98. The summed E-state index contributed by atoms with van der Waals surface area (Å²) in [7, 11) is 0. The first-order valence-electron chi connectivity index (χ1n) is 9.28. The van der Waals surface area contributed by atoms with Gasteiger partial charge in [0, 0.05) is 28.1 Å². The Morgan fingerprint density at radius 2 is 1.71 bits per heavy atom. The van der Waals surface area contributed by atoms with Crippen LogP contribution in [0.1, 0.15) is 45.0 Å². The summed E-state index contributed by atoms with van der Waals surface area (Å²) in [6, 6.07) is 13.0. The van der Waals surface area contributed by atoms with Crippen LogP contribution in [0.25, 0.3) is 4.85 Å². The van der Waals surface area contributed by atoms with Gasteiger partial charge in [0.1, 0.15) is 11.9 Å². The lowest BCUT2D eigenvalue weighted by molar-refractivity contribution is -0.147. The molecule has 0 aliphatic heterocycles. The summed E-state index contributed by atoms with van der Waals surface area (Å²) in [6.45, 7) is 17.4. The number of carbonyl (C=O) groups is 1. The summed E-state index contributed by atoms with van der Waals surface area (Å²) >= 11 is 6.16. The molecule has 1 saturated carbocycles. The van der Waals surface area contributed by atoms with E-state index in [2.05, 4.69) is 37.9 Å². The van der Waals surface area contributed by atoms with Crippen molar-refractivity contribution in [3.8, 4) is 5.75 Å². The fourth-order valence-electron chi connectivity index (χ4n) is 4.56. The summed E-state index contributed by atoms with van der Waals surface area (Å²) in [5.41, 5.74) is 1.86. The molecule has 0 heterocycles. The minimum absolute atomic E-state index is 0.0242. The largest absolute Gasteiger partial charge is 0.489 e. The van der Waals surface area contributed by atoms with Crippen LogP contribution in [0.3, 0.4) is 0 Å². The number of ether oxygens (including phenoxy) is 1. The van der Waals surface area contributed by atoms with Crippen molar-refractivity contribution in [3.05, 3.63) is 64.5 Å². The van der Waals surface area contributed by atoms with Crippen molar-refractivity contribution in [2.45, 2.75) is 46.8 Å². The van der Waals surface area contributed by atoms with Crippen molar-refractivity contribution >= 4 is 28.8 Å². The molecule has 1 aliphatic rings. The molecule has 2 aromatic carbocycles. The minimum atomic E-state index is -0.131. The molecule has 1 N–H and O–H groups in total. The number of benzene rings is 2. The van der Waals surface area contributed by atoms with Crippen LogP contribution in [-0.4, -0.2) is 17.9 Å². The lowest BCUT2D eigenvalue weighted by atomic mass is 9.49. The Morgan fingerprint density at radius 3 is 2.21 bits per heavy atom. The molecule has 0 amide bonds. The third-order valence-corrected chi connectivity index (χ3v) is 6.04. The Bertz CT molecular complexity index is 926. The first kappa shape index (κ1) is 20.2. The Hall–Kier alpha value is -2.51. The Balaban J connectivity index is 1.77. The van der Waals surface area contributed by atoms with E-state index in [4.69, 9.17) is 22.9 Å². The van der Waals surface area contributed by atoms with Crippen molar-refractivity contribution in [3.63, 3.8) is 0 Å². The molecule has 4 nitrogen and oxygen atoms in total. The molecule has 0 radical (unpaired) electrons. The standard InChI is InChI=1S/C23H25ClN2O2/c1-14(27)15-7-9-16(10-8-15)26-20-22(2,3)21(23(20,4)5)28-17-11-12-19(25-6)18(24)13-17/h7-13,20-21,26H,1-5H3. The van der Waals surface area contributed by atoms with Crippen LogP contribution in [0.5, 0.6) is 5.75 Å². The molecular weight excluding hydrogens is 372 g/mol. The topological polar surface area (TPSA) is 42.7 Å². The molecule has 28 heavy (non-hydrogen) atoms. The maximum atomic E-state index is 11.5. The number of halogens is 1. The van der Waals surface area contributed by atoms with Crippen molar-refractivity contribution < 1.29 is 9.53 Å². The average Bonchev–Trinajstić information content (AvgIpc) is 2.64. The Labute approximate surface area is 171 Å². The summed E-state index contributed by atoms with van der Waals surface area (Å²) in [5.74, 6) is 0.736. The third-order valence-electron chi connectivity index (χ3n) is 5.74. The van der Waals surface area contributed by atoms with Gasteiger partial charge >= 0.3 is 0 Å². The number of nitrogens with zero attached hydrogens (tertiary/aromatic N) is 1. The highest BCUT2D eigenvalue weighted by Gasteiger charge is 2.63. The van der Waals surface area contributed by atoms with Gasteiger partial charge in [0.25, 0.3) is 0 Å². The van der Waals surface area contributed by atoms with Crippen molar-refractivity contribution in [2.24, 2.45) is 10.8 Å². The highest BCUT2D eigenvalue weighted by molar-refractivity contribution is 6.33. The molecule has 0 atom stereocenters. The van der Waals surface area contributed by atoms with Gasteiger partial charge in [-0.05, 0) is 43.3 Å². The van der Waals surface area contributed by atoms with Crippen LogP contribution in [0.4, 0.5) is 11.4 Å². The first-order chi connectivity index (χ1) is 13.1. The van der Waals surface area contributed by atoms with E-state index >= 15 is 0 Å². The zero-order valence-electron chi connectivity index (χ0n) is 16.8. The predicted octanol–water partition coefficient (Wildman–Crippen LogP) is 6.39. The molecule has 1 aliphatic carbocycles. The van der Waals surface area contributed by atoms with Crippen molar-refractivity contribution in [1.29, 1.82) is 0 Å². The molecule has 2 aromatic rings. The minimum Gasteiger partial charge on any atom is -0.489 e. The van der Waals surface area contributed by atoms with Crippen LogP contribution in [0.15, 0.2) is 42.5 Å².